The second-order valence-corrected chi connectivity index (χ2v) is 9.33. The van der Waals surface area contributed by atoms with Gasteiger partial charge in [-0.2, -0.15) is 4.98 Å². The number of nitrogens with one attached hydrogen (secondary N) is 3. The second-order valence-electron chi connectivity index (χ2n) is 9.33. The number of anilines is 3. The number of carbonyl (C=O) groups excluding carboxylic acids is 1. The van der Waals surface area contributed by atoms with Crippen LogP contribution < -0.4 is 25.6 Å². The highest BCUT2D eigenvalue weighted by Gasteiger charge is 2.25. The maximum atomic E-state index is 12.6. The minimum atomic E-state index is -0.509. The Morgan fingerprint density at radius 2 is 1.83 bits per heavy atom. The van der Waals surface area contributed by atoms with Crippen LogP contribution >= 0.6 is 0 Å². The average molecular weight is 484 g/mol. The Bertz CT molecular complexity index is 1080. The maximum absolute atomic E-state index is 12.6. The summed E-state index contributed by atoms with van der Waals surface area (Å²) in [4.78, 5) is 34.8. The standard InChI is InChI=1S/C24H33N7O4/c1-30(2)22-18-6-4-5-7-19(18)27-23(29-22)25-15-8-10-16(11-9-15)26-24(32)28-20-14-17(31(33)34)12-13-21(20)35-3/h12-16H,4-11H2,1-3H3,(H,25,27,29)(H2,26,28,32)/t15-,16+. The van der Waals surface area contributed by atoms with Crippen molar-refractivity contribution in [2.24, 2.45) is 0 Å². The number of amides is 2. The van der Waals surface area contributed by atoms with E-state index < -0.39 is 11.0 Å². The zero-order chi connectivity index (χ0) is 24.9. The van der Waals surface area contributed by atoms with E-state index in [2.05, 4.69) is 20.9 Å². The highest BCUT2D eigenvalue weighted by Crippen LogP contribution is 2.30. The number of non-ortho nitro benzene ring substituents is 1. The first-order valence-corrected chi connectivity index (χ1v) is 12.1. The fraction of sp³-hybridized carbons (Fsp3) is 0.542. The molecule has 1 heterocycles. The van der Waals surface area contributed by atoms with Crippen molar-refractivity contribution in [3.63, 3.8) is 0 Å². The van der Waals surface area contributed by atoms with Gasteiger partial charge in [0, 0.05) is 43.9 Å². The van der Waals surface area contributed by atoms with Crippen molar-refractivity contribution in [3.8, 4) is 5.75 Å². The number of hydrogen-bond donors (Lipinski definition) is 3. The summed E-state index contributed by atoms with van der Waals surface area (Å²) in [5, 5.41) is 20.2. The van der Waals surface area contributed by atoms with E-state index in [-0.39, 0.29) is 23.5 Å². The smallest absolute Gasteiger partial charge is 0.319 e. The quantitative estimate of drug-likeness (QED) is 0.399. The van der Waals surface area contributed by atoms with Crippen LogP contribution in [0.4, 0.5) is 27.9 Å². The number of methoxy groups -OCH3 is 1. The van der Waals surface area contributed by atoms with Crippen LogP contribution in [0.1, 0.15) is 49.8 Å². The van der Waals surface area contributed by atoms with E-state index in [9.17, 15) is 14.9 Å². The van der Waals surface area contributed by atoms with Crippen LogP contribution in [0.25, 0.3) is 0 Å². The molecule has 0 radical (unpaired) electrons. The molecule has 0 spiro atoms. The zero-order valence-electron chi connectivity index (χ0n) is 20.5. The molecule has 0 saturated heterocycles. The molecule has 0 bridgehead atoms. The van der Waals surface area contributed by atoms with Gasteiger partial charge < -0.3 is 25.6 Å². The van der Waals surface area contributed by atoms with Gasteiger partial charge in [-0.1, -0.05) is 0 Å². The van der Waals surface area contributed by atoms with Crippen molar-refractivity contribution in [1.82, 2.24) is 15.3 Å². The molecule has 4 rings (SSSR count). The van der Waals surface area contributed by atoms with E-state index in [4.69, 9.17) is 14.7 Å². The molecule has 3 N–H and O–H groups in total. The highest BCUT2D eigenvalue weighted by molar-refractivity contribution is 5.91. The van der Waals surface area contributed by atoms with E-state index in [0.717, 1.165) is 56.5 Å². The normalized spacial score (nSPS) is 19.3. The minimum absolute atomic E-state index is 0.0135. The first kappa shape index (κ1) is 24.5. The molecule has 0 unspecified atom stereocenters. The number of nitro groups is 1. The SMILES string of the molecule is COc1ccc([N+](=O)[O-])cc1NC(=O)N[C@H]1CC[C@@H](Nc2nc3c(c(N(C)C)n2)CCCC3)CC1. The van der Waals surface area contributed by atoms with E-state index in [1.54, 1.807) is 0 Å². The lowest BCUT2D eigenvalue weighted by Gasteiger charge is -2.30. The van der Waals surface area contributed by atoms with Gasteiger partial charge in [0.15, 0.2) is 0 Å². The number of carbonyl (C=O) groups is 1. The molecular weight excluding hydrogens is 450 g/mol. The molecule has 188 valence electrons. The van der Waals surface area contributed by atoms with Crippen molar-refractivity contribution >= 4 is 29.2 Å². The number of urea groups is 1. The lowest BCUT2D eigenvalue weighted by Crippen LogP contribution is -2.42. The van der Waals surface area contributed by atoms with Gasteiger partial charge in [0.25, 0.3) is 5.69 Å². The lowest BCUT2D eigenvalue weighted by atomic mass is 9.91. The van der Waals surface area contributed by atoms with Gasteiger partial charge in [-0.15, -0.1) is 0 Å². The van der Waals surface area contributed by atoms with Crippen molar-refractivity contribution in [2.75, 3.05) is 36.7 Å². The lowest BCUT2D eigenvalue weighted by molar-refractivity contribution is -0.384. The Labute approximate surface area is 204 Å². The molecular formula is C24H33N7O4. The number of aromatic nitrogens is 2. The molecule has 0 atom stereocenters. The number of rotatable bonds is 7. The predicted octanol–water partition coefficient (Wildman–Crippen LogP) is 3.88. The summed E-state index contributed by atoms with van der Waals surface area (Å²) in [6, 6.07) is 3.94. The summed E-state index contributed by atoms with van der Waals surface area (Å²) in [5.74, 6) is 2.04. The number of hydrogen-bond acceptors (Lipinski definition) is 8. The molecule has 2 aromatic rings. The average Bonchev–Trinajstić information content (AvgIpc) is 2.84. The third-order valence-electron chi connectivity index (χ3n) is 6.62. The molecule has 35 heavy (non-hydrogen) atoms. The van der Waals surface area contributed by atoms with Crippen LogP contribution in [-0.2, 0) is 12.8 Å². The first-order valence-electron chi connectivity index (χ1n) is 12.1. The summed E-state index contributed by atoms with van der Waals surface area (Å²) >= 11 is 0. The number of aryl methyl sites for hydroxylation is 1. The van der Waals surface area contributed by atoms with Crippen molar-refractivity contribution in [1.29, 1.82) is 0 Å². The molecule has 11 heteroatoms. The van der Waals surface area contributed by atoms with Crippen LogP contribution in [0.5, 0.6) is 5.75 Å². The number of benzene rings is 1. The van der Waals surface area contributed by atoms with Crippen LogP contribution in [-0.4, -0.2) is 54.2 Å². The van der Waals surface area contributed by atoms with Gasteiger partial charge in [-0.25, -0.2) is 9.78 Å². The first-order chi connectivity index (χ1) is 16.8. The van der Waals surface area contributed by atoms with Crippen LogP contribution in [0.15, 0.2) is 18.2 Å². The van der Waals surface area contributed by atoms with Gasteiger partial charge in [-0.05, 0) is 57.4 Å². The number of fused-ring (bicyclic) bond motifs is 1. The van der Waals surface area contributed by atoms with Gasteiger partial charge in [0.05, 0.1) is 23.4 Å². The minimum Gasteiger partial charge on any atom is -0.495 e. The Morgan fingerprint density at radius 3 is 2.51 bits per heavy atom. The topological polar surface area (TPSA) is 135 Å². The summed E-state index contributed by atoms with van der Waals surface area (Å²) < 4.78 is 5.21. The second kappa shape index (κ2) is 10.7. The van der Waals surface area contributed by atoms with Crippen LogP contribution in [0.2, 0.25) is 0 Å². The molecule has 1 saturated carbocycles. The van der Waals surface area contributed by atoms with Gasteiger partial charge in [0.2, 0.25) is 5.95 Å². The largest absolute Gasteiger partial charge is 0.495 e. The van der Waals surface area contributed by atoms with Gasteiger partial charge in [0.1, 0.15) is 11.6 Å². The molecule has 2 aliphatic rings. The van der Waals surface area contributed by atoms with E-state index in [1.165, 1.54) is 37.3 Å². The van der Waals surface area contributed by atoms with Gasteiger partial charge >= 0.3 is 6.03 Å². The third kappa shape index (κ3) is 5.90. The Morgan fingerprint density at radius 1 is 1.11 bits per heavy atom. The Balaban J connectivity index is 1.32. The summed E-state index contributed by atoms with van der Waals surface area (Å²) in [6.07, 6.45) is 7.75. The fourth-order valence-corrected chi connectivity index (χ4v) is 4.82. The maximum Gasteiger partial charge on any atom is 0.319 e. The molecule has 11 nitrogen and oxygen atoms in total. The van der Waals surface area contributed by atoms with Crippen molar-refractivity contribution in [2.45, 2.75) is 63.5 Å². The van der Waals surface area contributed by atoms with E-state index in [1.807, 2.05) is 14.1 Å². The molecule has 2 amide bonds. The Hall–Kier alpha value is -3.63. The fourth-order valence-electron chi connectivity index (χ4n) is 4.82. The predicted molar refractivity (Wildman–Crippen MR) is 134 cm³/mol. The third-order valence-corrected chi connectivity index (χ3v) is 6.62. The monoisotopic (exact) mass is 483 g/mol. The van der Waals surface area contributed by atoms with E-state index in [0.29, 0.717) is 11.7 Å². The molecule has 1 fully saturated rings. The van der Waals surface area contributed by atoms with Crippen LogP contribution in [0.3, 0.4) is 0 Å². The number of ether oxygens (including phenoxy) is 1. The zero-order valence-corrected chi connectivity index (χ0v) is 20.5. The molecule has 2 aliphatic carbocycles. The number of nitro benzene ring substituents is 1. The molecule has 1 aromatic heterocycles. The van der Waals surface area contributed by atoms with Crippen molar-refractivity contribution < 1.29 is 14.5 Å². The number of nitrogens with zero attached hydrogens (tertiary/aromatic N) is 4. The van der Waals surface area contributed by atoms with Crippen LogP contribution in [0, 0.1) is 10.1 Å². The summed E-state index contributed by atoms with van der Waals surface area (Å²) in [5.41, 5.74) is 2.57. The molecule has 0 aliphatic heterocycles. The van der Waals surface area contributed by atoms with Gasteiger partial charge in [-0.3, -0.25) is 10.1 Å². The highest BCUT2D eigenvalue weighted by atomic mass is 16.6. The van der Waals surface area contributed by atoms with E-state index >= 15 is 0 Å². The Kier molecular flexibility index (Phi) is 7.52. The summed E-state index contributed by atoms with van der Waals surface area (Å²) in [7, 11) is 5.49. The molecule has 1 aromatic carbocycles. The van der Waals surface area contributed by atoms with Crippen molar-refractivity contribution in [3.05, 3.63) is 39.6 Å². The summed E-state index contributed by atoms with van der Waals surface area (Å²) in [6.45, 7) is 0.